The highest BCUT2D eigenvalue weighted by Gasteiger charge is 2.50. The van der Waals surface area contributed by atoms with Gasteiger partial charge >= 0.3 is 6.03 Å². The minimum Gasteiger partial charge on any atom is -0.466 e. The van der Waals surface area contributed by atoms with Crippen LogP contribution in [0.2, 0.25) is 0 Å². The maximum atomic E-state index is 12.2. The van der Waals surface area contributed by atoms with Crippen LogP contribution >= 0.6 is 11.6 Å². The molecule has 0 saturated carbocycles. The highest BCUT2D eigenvalue weighted by molar-refractivity contribution is 6.18. The molecule has 1 aliphatic rings. The van der Waals surface area contributed by atoms with Crippen LogP contribution in [0, 0.1) is 0 Å². The maximum absolute atomic E-state index is 12.2. The first-order valence-electron chi connectivity index (χ1n) is 5.48. The first-order valence-corrected chi connectivity index (χ1v) is 6.02. The van der Waals surface area contributed by atoms with E-state index in [1.807, 2.05) is 0 Å². The largest absolute Gasteiger partial charge is 0.466 e. The number of nitrogens with zero attached hydrogens (tertiary/aromatic N) is 1. The van der Waals surface area contributed by atoms with Gasteiger partial charge in [-0.05, 0) is 19.1 Å². The molecular weight excluding hydrogens is 256 g/mol. The lowest BCUT2D eigenvalue weighted by Gasteiger charge is -2.18. The second kappa shape index (κ2) is 4.86. The molecule has 1 aliphatic heterocycles. The Labute approximate surface area is 109 Å². The van der Waals surface area contributed by atoms with Gasteiger partial charge in [0, 0.05) is 12.4 Å². The number of urea groups is 1. The van der Waals surface area contributed by atoms with Crippen molar-refractivity contribution < 1.29 is 14.0 Å². The number of carbonyl (C=O) groups excluding carboxylic acids is 2. The number of hydrogen-bond acceptors (Lipinski definition) is 3. The third-order valence-corrected chi connectivity index (χ3v) is 3.01. The lowest BCUT2D eigenvalue weighted by molar-refractivity contribution is -0.131. The highest BCUT2D eigenvalue weighted by atomic mass is 35.5. The van der Waals surface area contributed by atoms with E-state index >= 15 is 0 Å². The van der Waals surface area contributed by atoms with E-state index in [-0.39, 0.29) is 12.5 Å². The summed E-state index contributed by atoms with van der Waals surface area (Å²) in [5.74, 6) is 0.436. The molecular formula is C12H13ClN2O3. The number of allylic oxidation sites excluding steroid dienone is 1. The van der Waals surface area contributed by atoms with Gasteiger partial charge in [0.25, 0.3) is 5.91 Å². The summed E-state index contributed by atoms with van der Waals surface area (Å²) in [4.78, 5) is 25.2. The van der Waals surface area contributed by atoms with Crippen LogP contribution in [0.1, 0.15) is 12.7 Å². The van der Waals surface area contributed by atoms with Gasteiger partial charge in [0.2, 0.25) is 0 Å². The molecule has 1 N–H and O–H groups in total. The van der Waals surface area contributed by atoms with Crippen LogP contribution in [0.5, 0.6) is 0 Å². The van der Waals surface area contributed by atoms with Crippen molar-refractivity contribution in [3.63, 3.8) is 0 Å². The molecule has 0 aromatic carbocycles. The fourth-order valence-electron chi connectivity index (χ4n) is 1.84. The van der Waals surface area contributed by atoms with Crippen LogP contribution < -0.4 is 5.32 Å². The minimum atomic E-state index is -1.13. The minimum absolute atomic E-state index is 0.202. The second-order valence-electron chi connectivity index (χ2n) is 4.07. The molecule has 1 atom stereocenters. The molecule has 0 spiro atoms. The Kier molecular flexibility index (Phi) is 3.43. The Morgan fingerprint density at radius 1 is 1.50 bits per heavy atom. The number of amides is 3. The van der Waals surface area contributed by atoms with Crippen molar-refractivity contribution in [1.29, 1.82) is 0 Å². The summed E-state index contributed by atoms with van der Waals surface area (Å²) >= 11 is 5.49. The summed E-state index contributed by atoms with van der Waals surface area (Å²) < 4.78 is 5.21. The zero-order valence-corrected chi connectivity index (χ0v) is 10.6. The van der Waals surface area contributed by atoms with Crippen LogP contribution in [0.15, 0.2) is 35.0 Å². The predicted molar refractivity (Wildman–Crippen MR) is 66.2 cm³/mol. The summed E-state index contributed by atoms with van der Waals surface area (Å²) in [6, 6.07) is 2.91. The fraction of sp³-hybridized carbons (Fsp3) is 0.333. The molecule has 1 saturated heterocycles. The molecule has 2 rings (SSSR count). The molecule has 0 radical (unpaired) electrons. The Morgan fingerprint density at radius 2 is 2.28 bits per heavy atom. The van der Waals surface area contributed by atoms with Crippen LogP contribution in [-0.4, -0.2) is 29.3 Å². The topological polar surface area (TPSA) is 62.6 Å². The van der Waals surface area contributed by atoms with Crippen molar-refractivity contribution in [2.45, 2.75) is 12.5 Å². The van der Waals surface area contributed by atoms with E-state index in [2.05, 4.69) is 5.32 Å². The molecule has 1 unspecified atom stereocenters. The lowest BCUT2D eigenvalue weighted by atomic mass is 9.99. The number of carbonyl (C=O) groups is 2. The summed E-state index contributed by atoms with van der Waals surface area (Å²) in [5, 5.41) is 2.64. The van der Waals surface area contributed by atoms with Crippen LogP contribution in [0.3, 0.4) is 0 Å². The number of imide groups is 1. The Balaban J connectivity index is 2.21. The van der Waals surface area contributed by atoms with Crippen molar-refractivity contribution in [3.05, 3.63) is 36.3 Å². The van der Waals surface area contributed by atoms with Crippen LogP contribution in [-0.2, 0) is 10.3 Å². The normalized spacial score (nSPS) is 24.0. The molecule has 5 nitrogen and oxygen atoms in total. The Morgan fingerprint density at radius 3 is 2.89 bits per heavy atom. The number of alkyl halides is 1. The van der Waals surface area contributed by atoms with Crippen LogP contribution in [0.25, 0.3) is 0 Å². The molecule has 18 heavy (non-hydrogen) atoms. The molecule has 0 bridgehead atoms. The zero-order valence-electron chi connectivity index (χ0n) is 9.85. The van der Waals surface area contributed by atoms with Gasteiger partial charge in [-0.3, -0.25) is 9.69 Å². The van der Waals surface area contributed by atoms with Gasteiger partial charge in [-0.25, -0.2) is 4.79 Å². The van der Waals surface area contributed by atoms with Crippen molar-refractivity contribution >= 4 is 23.5 Å². The predicted octanol–water partition coefficient (Wildman–Crippen LogP) is 1.84. The van der Waals surface area contributed by atoms with Gasteiger partial charge in [-0.15, -0.1) is 11.6 Å². The quantitative estimate of drug-likeness (QED) is 0.515. The molecule has 96 valence electrons. The van der Waals surface area contributed by atoms with E-state index in [0.717, 1.165) is 4.90 Å². The highest BCUT2D eigenvalue weighted by Crippen LogP contribution is 2.28. The fourth-order valence-corrected chi connectivity index (χ4v) is 1.96. The zero-order chi connectivity index (χ0) is 13.2. The van der Waals surface area contributed by atoms with Gasteiger partial charge in [0.1, 0.15) is 5.76 Å². The van der Waals surface area contributed by atoms with Gasteiger partial charge in [-0.2, -0.15) is 0 Å². The summed E-state index contributed by atoms with van der Waals surface area (Å²) in [7, 11) is 0. The van der Waals surface area contributed by atoms with E-state index in [4.69, 9.17) is 16.0 Å². The molecule has 6 heteroatoms. The summed E-state index contributed by atoms with van der Waals surface area (Å²) in [6.07, 6.45) is 4.83. The number of hydrogen-bond donors (Lipinski definition) is 1. The Hall–Kier alpha value is -1.75. The van der Waals surface area contributed by atoms with Gasteiger partial charge in [0.15, 0.2) is 5.54 Å². The van der Waals surface area contributed by atoms with E-state index in [1.54, 1.807) is 31.2 Å². The molecule has 1 aromatic rings. The SMILES string of the molecule is CC1(c2ccco2)NC(=O)N(CC=CCCl)C1=O. The van der Waals surface area contributed by atoms with E-state index in [9.17, 15) is 9.59 Å². The van der Waals surface area contributed by atoms with E-state index in [1.165, 1.54) is 6.26 Å². The molecule has 1 aromatic heterocycles. The van der Waals surface area contributed by atoms with Crippen molar-refractivity contribution in [1.82, 2.24) is 10.2 Å². The molecule has 2 heterocycles. The number of furan rings is 1. The van der Waals surface area contributed by atoms with Crippen molar-refractivity contribution in [2.24, 2.45) is 0 Å². The van der Waals surface area contributed by atoms with E-state index < -0.39 is 11.6 Å². The first kappa shape index (κ1) is 12.7. The standard InChI is InChI=1S/C12H13ClN2O3/c1-12(9-5-4-8-18-9)10(16)15(11(17)14-12)7-3-2-6-13/h2-5,8H,6-7H2,1H3,(H,14,17). The molecule has 3 amide bonds. The van der Waals surface area contributed by atoms with Gasteiger partial charge < -0.3 is 9.73 Å². The smallest absolute Gasteiger partial charge is 0.325 e. The third kappa shape index (κ3) is 2.01. The molecule has 0 aliphatic carbocycles. The average molecular weight is 269 g/mol. The third-order valence-electron chi connectivity index (χ3n) is 2.83. The monoisotopic (exact) mass is 268 g/mol. The van der Waals surface area contributed by atoms with Gasteiger partial charge in [0.05, 0.1) is 6.26 Å². The molecule has 1 fully saturated rings. The van der Waals surface area contributed by atoms with Crippen molar-refractivity contribution in [2.75, 3.05) is 12.4 Å². The first-order chi connectivity index (χ1) is 8.59. The number of rotatable bonds is 4. The van der Waals surface area contributed by atoms with Crippen LogP contribution in [0.4, 0.5) is 4.79 Å². The summed E-state index contributed by atoms with van der Waals surface area (Å²) in [6.45, 7) is 1.82. The number of nitrogens with one attached hydrogen (secondary N) is 1. The lowest BCUT2D eigenvalue weighted by Crippen LogP contribution is -2.40. The van der Waals surface area contributed by atoms with E-state index in [0.29, 0.717) is 11.6 Å². The second-order valence-corrected chi connectivity index (χ2v) is 4.38. The summed E-state index contributed by atoms with van der Waals surface area (Å²) in [5.41, 5.74) is -1.13. The maximum Gasteiger partial charge on any atom is 0.325 e. The average Bonchev–Trinajstić information content (AvgIpc) is 2.93. The van der Waals surface area contributed by atoms with Gasteiger partial charge in [-0.1, -0.05) is 12.2 Å². The Bertz CT molecular complexity index is 484. The number of halogens is 1. The van der Waals surface area contributed by atoms with Crippen molar-refractivity contribution in [3.8, 4) is 0 Å².